The average Bonchev–Trinajstić information content (AvgIpc) is 2.93. The van der Waals surface area contributed by atoms with Gasteiger partial charge in [-0.3, -0.25) is 14.5 Å². The van der Waals surface area contributed by atoms with Gasteiger partial charge in [0.1, 0.15) is 16.3 Å². The van der Waals surface area contributed by atoms with Crippen molar-refractivity contribution in [2.24, 2.45) is 0 Å². The molecule has 0 radical (unpaired) electrons. The van der Waals surface area contributed by atoms with E-state index in [1.54, 1.807) is 0 Å². The van der Waals surface area contributed by atoms with Crippen molar-refractivity contribution < 1.29 is 18.3 Å². The van der Waals surface area contributed by atoms with E-state index in [1.807, 2.05) is 37.3 Å². The largest absolute Gasteiger partial charge is 0.504 e. The van der Waals surface area contributed by atoms with Crippen LogP contribution in [0.3, 0.4) is 0 Å². The molecule has 0 amide bonds. The molecule has 2 fully saturated rings. The lowest BCUT2D eigenvalue weighted by atomic mass is 10.0. The highest BCUT2D eigenvalue weighted by Crippen LogP contribution is 2.36. The fourth-order valence-corrected chi connectivity index (χ4v) is 6.54. The molecule has 196 valence electrons. The Kier molecular flexibility index (Phi) is 7.04. The number of anilines is 3. The predicted molar refractivity (Wildman–Crippen MR) is 141 cm³/mol. The number of phenolic OH excluding ortho intramolecular Hbond substituents is 1. The Balaban J connectivity index is 1.39. The quantitative estimate of drug-likeness (QED) is 0.298. The zero-order chi connectivity index (χ0) is 26.2. The van der Waals surface area contributed by atoms with E-state index < -0.39 is 26.6 Å². The summed E-state index contributed by atoms with van der Waals surface area (Å²) in [5.41, 5.74) is -0.287. The van der Waals surface area contributed by atoms with Crippen molar-refractivity contribution >= 4 is 27.1 Å². The molecule has 5 rings (SSSR count). The van der Waals surface area contributed by atoms with Gasteiger partial charge in [0.2, 0.25) is 10.0 Å². The molecule has 10 nitrogen and oxygen atoms in total. The molecular formula is C26H30N4O6S. The van der Waals surface area contributed by atoms with Gasteiger partial charge in [-0.1, -0.05) is 43.3 Å². The predicted octanol–water partition coefficient (Wildman–Crippen LogP) is 2.00. The number of hydrogen-bond donors (Lipinski definition) is 3. The van der Waals surface area contributed by atoms with E-state index >= 15 is 0 Å². The van der Waals surface area contributed by atoms with Crippen molar-refractivity contribution in [2.45, 2.75) is 30.3 Å². The van der Waals surface area contributed by atoms with Crippen LogP contribution in [0.2, 0.25) is 0 Å². The first-order valence-corrected chi connectivity index (χ1v) is 13.8. The van der Waals surface area contributed by atoms with Crippen LogP contribution >= 0.6 is 0 Å². The number of morpholine rings is 1. The lowest BCUT2D eigenvalue weighted by Crippen LogP contribution is -2.58. The number of nitrogens with one attached hydrogen (secondary N) is 2. The molecule has 3 N–H and O–H groups in total. The Bertz CT molecular complexity index is 1450. The Morgan fingerprint density at radius 3 is 2.54 bits per heavy atom. The second-order valence-electron chi connectivity index (χ2n) is 9.33. The van der Waals surface area contributed by atoms with E-state index in [2.05, 4.69) is 15.5 Å². The SMILES string of the molecule is CC[C@@H](Nc1c(Nc2cccc(S(=O)(=O)N3CCN4CCOCC4C3)c2O)c(=O)c1=O)c1ccccc1. The minimum absolute atomic E-state index is 0.00259. The van der Waals surface area contributed by atoms with E-state index in [1.165, 1.54) is 22.5 Å². The van der Waals surface area contributed by atoms with Crippen LogP contribution < -0.4 is 21.5 Å². The lowest BCUT2D eigenvalue weighted by Gasteiger charge is -2.43. The van der Waals surface area contributed by atoms with E-state index in [9.17, 15) is 23.1 Å². The number of piperazine rings is 1. The van der Waals surface area contributed by atoms with E-state index in [0.29, 0.717) is 32.7 Å². The summed E-state index contributed by atoms with van der Waals surface area (Å²) in [6.07, 6.45) is 0.667. The van der Waals surface area contributed by atoms with Gasteiger partial charge in [-0.25, -0.2) is 8.42 Å². The molecule has 2 saturated heterocycles. The summed E-state index contributed by atoms with van der Waals surface area (Å²) in [4.78, 5) is 26.8. The molecule has 37 heavy (non-hydrogen) atoms. The minimum atomic E-state index is -4.01. The molecule has 0 aromatic heterocycles. The molecule has 1 unspecified atom stereocenters. The summed E-state index contributed by atoms with van der Waals surface area (Å²) in [5, 5.41) is 16.9. The Hall–Kier alpha value is -3.25. The Morgan fingerprint density at radius 2 is 1.78 bits per heavy atom. The van der Waals surface area contributed by atoms with Gasteiger partial charge in [-0.2, -0.15) is 4.31 Å². The summed E-state index contributed by atoms with van der Waals surface area (Å²) < 4.78 is 33.8. The number of rotatable bonds is 8. The van der Waals surface area contributed by atoms with Crippen LogP contribution in [0.5, 0.6) is 5.75 Å². The number of phenols is 1. The van der Waals surface area contributed by atoms with Gasteiger partial charge in [-0.05, 0) is 24.1 Å². The maximum atomic E-state index is 13.5. The normalized spacial score (nSPS) is 19.9. The first kappa shape index (κ1) is 25.4. The second-order valence-corrected chi connectivity index (χ2v) is 11.2. The molecule has 0 saturated carbocycles. The van der Waals surface area contributed by atoms with Crippen molar-refractivity contribution in [1.82, 2.24) is 9.21 Å². The van der Waals surface area contributed by atoms with Gasteiger partial charge in [0.25, 0.3) is 10.9 Å². The molecule has 3 aromatic carbocycles. The third kappa shape index (κ3) is 4.75. The van der Waals surface area contributed by atoms with Gasteiger partial charge in [0.15, 0.2) is 5.75 Å². The van der Waals surface area contributed by atoms with Gasteiger partial charge < -0.3 is 20.5 Å². The Labute approximate surface area is 215 Å². The summed E-state index contributed by atoms with van der Waals surface area (Å²) in [6.45, 7) is 4.98. The number of sulfonamides is 1. The summed E-state index contributed by atoms with van der Waals surface area (Å²) in [5.74, 6) is -0.501. The van der Waals surface area contributed by atoms with Crippen molar-refractivity contribution in [2.75, 3.05) is 50.0 Å². The highest BCUT2D eigenvalue weighted by atomic mass is 32.2. The minimum Gasteiger partial charge on any atom is -0.504 e. The van der Waals surface area contributed by atoms with Gasteiger partial charge in [0.05, 0.1) is 24.9 Å². The average molecular weight is 527 g/mol. The number of aromatic hydroxyl groups is 1. The number of nitrogens with zero attached hydrogens (tertiary/aromatic N) is 2. The second kappa shape index (κ2) is 10.3. The van der Waals surface area contributed by atoms with Gasteiger partial charge in [0, 0.05) is 32.2 Å². The number of ether oxygens (including phenoxy) is 1. The van der Waals surface area contributed by atoms with E-state index in [0.717, 1.165) is 12.1 Å². The lowest BCUT2D eigenvalue weighted by molar-refractivity contribution is -0.0304. The first-order valence-electron chi connectivity index (χ1n) is 12.4. The van der Waals surface area contributed by atoms with Crippen LogP contribution in [0.25, 0.3) is 0 Å². The van der Waals surface area contributed by atoms with Gasteiger partial charge >= 0.3 is 0 Å². The number of hydrogen-bond acceptors (Lipinski definition) is 9. The summed E-state index contributed by atoms with van der Waals surface area (Å²) in [7, 11) is -4.01. The number of para-hydroxylation sites is 1. The van der Waals surface area contributed by atoms with Crippen LogP contribution in [0.1, 0.15) is 24.9 Å². The highest BCUT2D eigenvalue weighted by Gasteiger charge is 2.37. The number of benzene rings is 2. The number of fused-ring (bicyclic) bond motifs is 1. The molecule has 2 atom stereocenters. The fourth-order valence-electron chi connectivity index (χ4n) is 4.97. The van der Waals surface area contributed by atoms with Gasteiger partial charge in [-0.15, -0.1) is 0 Å². The fraction of sp³-hybridized carbons (Fsp3) is 0.385. The third-order valence-corrected chi connectivity index (χ3v) is 9.01. The smallest absolute Gasteiger partial charge is 0.253 e. The Morgan fingerprint density at radius 1 is 1.03 bits per heavy atom. The van der Waals surface area contributed by atoms with E-state index in [-0.39, 0.29) is 40.6 Å². The molecule has 0 bridgehead atoms. The molecule has 0 spiro atoms. The van der Waals surface area contributed by atoms with Crippen LogP contribution in [0.4, 0.5) is 17.1 Å². The topological polar surface area (TPSA) is 128 Å². The highest BCUT2D eigenvalue weighted by molar-refractivity contribution is 7.89. The maximum absolute atomic E-state index is 13.5. The summed E-state index contributed by atoms with van der Waals surface area (Å²) >= 11 is 0. The monoisotopic (exact) mass is 526 g/mol. The molecule has 0 aliphatic carbocycles. The molecule has 2 heterocycles. The van der Waals surface area contributed by atoms with Crippen LogP contribution in [-0.4, -0.2) is 68.2 Å². The standard InChI is InChI=1S/C26H30N4O6S/c1-2-19(17-7-4-3-5-8-17)27-22-23(26(33)25(22)32)28-20-9-6-10-21(24(20)31)37(34,35)30-12-11-29-13-14-36-16-18(29)15-30/h3-10,18-19,27-28,31H,2,11-16H2,1H3/t18?,19-/m1/s1. The summed E-state index contributed by atoms with van der Waals surface area (Å²) in [6, 6.07) is 13.6. The molecule has 11 heteroatoms. The zero-order valence-corrected chi connectivity index (χ0v) is 21.3. The van der Waals surface area contributed by atoms with Crippen molar-refractivity contribution in [3.8, 4) is 5.75 Å². The third-order valence-electron chi connectivity index (χ3n) is 7.12. The van der Waals surface area contributed by atoms with Crippen LogP contribution in [-0.2, 0) is 14.8 Å². The van der Waals surface area contributed by atoms with Crippen LogP contribution in [0, 0.1) is 0 Å². The molecule has 2 aliphatic heterocycles. The van der Waals surface area contributed by atoms with Crippen molar-refractivity contribution in [3.05, 3.63) is 74.5 Å². The van der Waals surface area contributed by atoms with E-state index in [4.69, 9.17) is 4.74 Å². The maximum Gasteiger partial charge on any atom is 0.253 e. The molecule has 3 aromatic rings. The zero-order valence-electron chi connectivity index (χ0n) is 20.5. The molecular weight excluding hydrogens is 496 g/mol. The van der Waals surface area contributed by atoms with Crippen molar-refractivity contribution in [1.29, 1.82) is 0 Å². The van der Waals surface area contributed by atoms with Crippen molar-refractivity contribution in [3.63, 3.8) is 0 Å². The molecule has 2 aliphatic rings. The first-order chi connectivity index (χ1) is 17.8. The van der Waals surface area contributed by atoms with Crippen LogP contribution in [0.15, 0.2) is 63.0 Å².